The summed E-state index contributed by atoms with van der Waals surface area (Å²) in [6, 6.07) is 9.12. The summed E-state index contributed by atoms with van der Waals surface area (Å²) in [4.78, 5) is 23.9. The molecule has 6 heteroatoms. The lowest BCUT2D eigenvalue weighted by Crippen LogP contribution is -2.31. The molecule has 1 aliphatic rings. The van der Waals surface area contributed by atoms with E-state index in [2.05, 4.69) is 5.10 Å². The average molecular weight is 284 g/mol. The summed E-state index contributed by atoms with van der Waals surface area (Å²) in [7, 11) is 0. The highest BCUT2D eigenvalue weighted by atomic mass is 16.1. The van der Waals surface area contributed by atoms with Crippen molar-refractivity contribution in [3.05, 3.63) is 46.2 Å². The summed E-state index contributed by atoms with van der Waals surface area (Å²) in [6.07, 6.45) is 2.18. The molecule has 1 heterocycles. The second-order valence-electron chi connectivity index (χ2n) is 5.30. The highest BCUT2D eigenvalue weighted by Gasteiger charge is 2.26. The van der Waals surface area contributed by atoms with Crippen molar-refractivity contribution in [2.45, 2.75) is 19.4 Å². The fourth-order valence-corrected chi connectivity index (χ4v) is 2.31. The molecule has 1 aliphatic carbocycles. The first-order chi connectivity index (χ1) is 10.1. The maximum atomic E-state index is 12.2. The molecule has 0 saturated heterocycles. The zero-order valence-corrected chi connectivity index (χ0v) is 11.5. The Kier molecular flexibility index (Phi) is 3.21. The van der Waals surface area contributed by atoms with Crippen molar-refractivity contribution >= 4 is 11.6 Å². The minimum atomic E-state index is -0.741. The van der Waals surface area contributed by atoms with Crippen LogP contribution in [0.1, 0.15) is 23.2 Å². The van der Waals surface area contributed by atoms with Gasteiger partial charge in [-0.15, -0.1) is 0 Å². The lowest BCUT2D eigenvalue weighted by atomic mass is 10.0. The van der Waals surface area contributed by atoms with Gasteiger partial charge in [0.2, 0.25) is 0 Å². The van der Waals surface area contributed by atoms with Gasteiger partial charge in [0, 0.05) is 12.1 Å². The van der Waals surface area contributed by atoms with E-state index in [1.54, 1.807) is 12.1 Å². The zero-order chi connectivity index (χ0) is 15.0. The highest BCUT2D eigenvalue weighted by molar-refractivity contribution is 6.03. The number of rotatable bonds is 4. The molecule has 0 atom stereocenters. The number of amides is 1. The second kappa shape index (κ2) is 5.05. The quantitative estimate of drug-likeness (QED) is 0.873. The molecule has 1 aromatic heterocycles. The van der Waals surface area contributed by atoms with Gasteiger partial charge in [0.05, 0.1) is 5.56 Å². The van der Waals surface area contributed by atoms with E-state index in [1.165, 1.54) is 4.68 Å². The Morgan fingerprint density at radius 2 is 1.95 bits per heavy atom. The van der Waals surface area contributed by atoms with Gasteiger partial charge in [0.1, 0.15) is 11.4 Å². The predicted molar refractivity (Wildman–Crippen MR) is 79.6 cm³/mol. The Bertz CT molecular complexity index is 748. The first-order valence-electron chi connectivity index (χ1n) is 6.83. The van der Waals surface area contributed by atoms with Crippen LogP contribution >= 0.6 is 0 Å². The van der Waals surface area contributed by atoms with Crippen LogP contribution in [0.3, 0.4) is 0 Å². The standard InChI is InChI=1S/C15H16N4O2/c16-12-11(14(17)20)13(10-4-2-1-3-5-10)18-19(15(12)21)8-9-6-7-9/h1-5,9H,6-8,16H2,(H2,17,20). The van der Waals surface area contributed by atoms with Gasteiger partial charge in [0.15, 0.2) is 0 Å². The number of aromatic nitrogens is 2. The topological polar surface area (TPSA) is 104 Å². The Labute approximate surface area is 121 Å². The summed E-state index contributed by atoms with van der Waals surface area (Å²) < 4.78 is 1.35. The molecule has 0 unspecified atom stereocenters. The third-order valence-electron chi connectivity index (χ3n) is 3.61. The average Bonchev–Trinajstić information content (AvgIpc) is 3.28. The van der Waals surface area contributed by atoms with Crippen LogP contribution in [0.5, 0.6) is 0 Å². The van der Waals surface area contributed by atoms with Crippen molar-refractivity contribution in [1.29, 1.82) is 0 Å². The molecular formula is C15H16N4O2. The van der Waals surface area contributed by atoms with Crippen LogP contribution < -0.4 is 17.0 Å². The number of anilines is 1. The Balaban J connectivity index is 2.22. The molecule has 1 fully saturated rings. The molecule has 3 rings (SSSR count). The van der Waals surface area contributed by atoms with Crippen LogP contribution in [0.2, 0.25) is 0 Å². The van der Waals surface area contributed by atoms with Crippen molar-refractivity contribution in [2.24, 2.45) is 11.7 Å². The van der Waals surface area contributed by atoms with Crippen LogP contribution in [0.25, 0.3) is 11.3 Å². The largest absolute Gasteiger partial charge is 0.393 e. The monoisotopic (exact) mass is 284 g/mol. The van der Waals surface area contributed by atoms with Crippen molar-refractivity contribution in [2.75, 3.05) is 5.73 Å². The van der Waals surface area contributed by atoms with Gasteiger partial charge in [-0.1, -0.05) is 30.3 Å². The van der Waals surface area contributed by atoms with E-state index in [9.17, 15) is 9.59 Å². The third-order valence-corrected chi connectivity index (χ3v) is 3.61. The van der Waals surface area contributed by atoms with E-state index in [-0.39, 0.29) is 11.3 Å². The highest BCUT2D eigenvalue weighted by Crippen LogP contribution is 2.30. The fourth-order valence-electron chi connectivity index (χ4n) is 2.31. The van der Waals surface area contributed by atoms with Crippen molar-refractivity contribution < 1.29 is 4.79 Å². The molecule has 0 spiro atoms. The number of hydrogen-bond acceptors (Lipinski definition) is 4. The zero-order valence-electron chi connectivity index (χ0n) is 11.5. The maximum Gasteiger partial charge on any atom is 0.290 e. The first-order valence-corrected chi connectivity index (χ1v) is 6.83. The van der Waals surface area contributed by atoms with Gasteiger partial charge in [-0.25, -0.2) is 4.68 Å². The van der Waals surface area contributed by atoms with Gasteiger partial charge in [-0.05, 0) is 18.8 Å². The molecule has 0 bridgehead atoms. The molecule has 21 heavy (non-hydrogen) atoms. The minimum Gasteiger partial charge on any atom is -0.393 e. The summed E-state index contributed by atoms with van der Waals surface area (Å²) in [6.45, 7) is 0.530. The number of nitrogens with two attached hydrogens (primary N) is 2. The van der Waals surface area contributed by atoms with E-state index >= 15 is 0 Å². The van der Waals surface area contributed by atoms with Gasteiger partial charge in [-0.3, -0.25) is 9.59 Å². The number of primary amides is 1. The van der Waals surface area contributed by atoms with E-state index in [0.29, 0.717) is 23.7 Å². The van der Waals surface area contributed by atoms with Crippen molar-refractivity contribution in [1.82, 2.24) is 9.78 Å². The molecule has 0 aliphatic heterocycles. The summed E-state index contributed by atoms with van der Waals surface area (Å²) in [5.74, 6) is -0.271. The molecular weight excluding hydrogens is 268 g/mol. The van der Waals surface area contributed by atoms with Gasteiger partial charge >= 0.3 is 0 Å². The van der Waals surface area contributed by atoms with Crippen molar-refractivity contribution in [3.63, 3.8) is 0 Å². The van der Waals surface area contributed by atoms with Gasteiger partial charge in [0.25, 0.3) is 11.5 Å². The SMILES string of the molecule is NC(=O)c1c(-c2ccccc2)nn(CC2CC2)c(=O)c1N. The van der Waals surface area contributed by atoms with Crippen LogP contribution in [-0.4, -0.2) is 15.7 Å². The van der Waals surface area contributed by atoms with Gasteiger partial charge in [-0.2, -0.15) is 5.10 Å². The van der Waals surface area contributed by atoms with E-state index in [0.717, 1.165) is 12.8 Å². The van der Waals surface area contributed by atoms with Crippen LogP contribution in [0.15, 0.2) is 35.1 Å². The predicted octanol–water partition coefficient (Wildman–Crippen LogP) is 1.00. The molecule has 1 saturated carbocycles. The van der Waals surface area contributed by atoms with Crippen molar-refractivity contribution in [3.8, 4) is 11.3 Å². The molecule has 1 aromatic carbocycles. The van der Waals surface area contributed by atoms with Crippen LogP contribution in [0, 0.1) is 5.92 Å². The smallest absolute Gasteiger partial charge is 0.290 e. The molecule has 108 valence electrons. The number of benzene rings is 1. The molecule has 1 amide bonds. The molecule has 6 nitrogen and oxygen atoms in total. The van der Waals surface area contributed by atoms with E-state index in [1.807, 2.05) is 18.2 Å². The molecule has 0 radical (unpaired) electrons. The third kappa shape index (κ3) is 2.52. The van der Waals surface area contributed by atoms with Crippen LogP contribution in [0.4, 0.5) is 5.69 Å². The molecule has 4 N–H and O–H groups in total. The Morgan fingerprint density at radius 1 is 1.29 bits per heavy atom. The van der Waals surface area contributed by atoms with E-state index < -0.39 is 11.5 Å². The normalized spacial score (nSPS) is 14.1. The van der Waals surface area contributed by atoms with Gasteiger partial charge < -0.3 is 11.5 Å². The Hall–Kier alpha value is -2.63. The maximum absolute atomic E-state index is 12.2. The summed E-state index contributed by atoms with van der Waals surface area (Å²) in [5, 5.41) is 4.33. The summed E-state index contributed by atoms with van der Waals surface area (Å²) >= 11 is 0. The lowest BCUT2D eigenvalue weighted by molar-refractivity contribution is 0.100. The molecule has 2 aromatic rings. The lowest BCUT2D eigenvalue weighted by Gasteiger charge is -2.12. The number of carbonyl (C=O) groups excluding carboxylic acids is 1. The van der Waals surface area contributed by atoms with E-state index in [4.69, 9.17) is 11.5 Å². The number of carbonyl (C=O) groups is 1. The first kappa shape index (κ1) is 13.4. The summed E-state index contributed by atoms with van der Waals surface area (Å²) in [5.41, 5.74) is 11.7. The number of nitrogen functional groups attached to an aromatic ring is 1. The number of nitrogens with zero attached hydrogens (tertiary/aromatic N) is 2. The fraction of sp³-hybridized carbons (Fsp3) is 0.267. The Morgan fingerprint density at radius 3 is 2.52 bits per heavy atom. The number of hydrogen-bond donors (Lipinski definition) is 2. The second-order valence-corrected chi connectivity index (χ2v) is 5.30. The minimum absolute atomic E-state index is 0.00162. The van der Waals surface area contributed by atoms with Crippen LogP contribution in [-0.2, 0) is 6.54 Å².